The van der Waals surface area contributed by atoms with Crippen LogP contribution in [0.15, 0.2) is 24.3 Å². The van der Waals surface area contributed by atoms with Gasteiger partial charge in [0.25, 0.3) is 0 Å². The van der Waals surface area contributed by atoms with Crippen LogP contribution in [0.5, 0.6) is 0 Å². The summed E-state index contributed by atoms with van der Waals surface area (Å²) >= 11 is 0. The molecule has 0 aromatic heterocycles. The Hall–Kier alpha value is -1.42. The number of amides is 1. The molecule has 15 heavy (non-hydrogen) atoms. The van der Waals surface area contributed by atoms with E-state index in [4.69, 9.17) is 5.73 Å². The summed E-state index contributed by atoms with van der Waals surface area (Å²) in [6.45, 7) is 0.00632. The Bertz CT molecular complexity index is 381. The molecular weight excluding hydrogens is 195 g/mol. The van der Waals surface area contributed by atoms with Crippen molar-refractivity contribution in [3.63, 3.8) is 0 Å². The van der Waals surface area contributed by atoms with Gasteiger partial charge < -0.3 is 11.1 Å². The summed E-state index contributed by atoms with van der Waals surface area (Å²) in [5.41, 5.74) is 6.13. The molecule has 1 saturated carbocycles. The number of carbonyl (C=O) groups is 1. The molecule has 1 aliphatic carbocycles. The molecule has 1 aliphatic rings. The molecule has 4 heteroatoms. The second-order valence-corrected chi connectivity index (χ2v) is 3.78. The van der Waals surface area contributed by atoms with Gasteiger partial charge in [-0.15, -0.1) is 0 Å². The van der Waals surface area contributed by atoms with Gasteiger partial charge in [-0.3, -0.25) is 4.79 Å². The van der Waals surface area contributed by atoms with Gasteiger partial charge in [0.15, 0.2) is 0 Å². The number of hydrogen-bond acceptors (Lipinski definition) is 2. The highest BCUT2D eigenvalue weighted by atomic mass is 19.1. The van der Waals surface area contributed by atoms with E-state index < -0.39 is 0 Å². The SMILES string of the molecule is NCC(=O)NC1CC1c1cccc(F)c1. The summed E-state index contributed by atoms with van der Waals surface area (Å²) in [7, 11) is 0. The molecule has 1 aromatic rings. The van der Waals surface area contributed by atoms with Crippen molar-refractivity contribution in [3.05, 3.63) is 35.6 Å². The predicted molar refractivity (Wildman–Crippen MR) is 54.7 cm³/mol. The third kappa shape index (κ3) is 2.33. The quantitative estimate of drug-likeness (QED) is 0.770. The van der Waals surface area contributed by atoms with E-state index in [2.05, 4.69) is 5.32 Å². The second-order valence-electron chi connectivity index (χ2n) is 3.78. The third-order valence-corrected chi connectivity index (χ3v) is 2.60. The zero-order chi connectivity index (χ0) is 10.8. The molecule has 0 spiro atoms. The number of hydrogen-bond donors (Lipinski definition) is 2. The van der Waals surface area contributed by atoms with E-state index in [0.29, 0.717) is 0 Å². The van der Waals surface area contributed by atoms with Crippen LogP contribution in [0.3, 0.4) is 0 Å². The molecule has 80 valence electrons. The number of nitrogens with two attached hydrogens (primary N) is 1. The number of rotatable bonds is 3. The maximum Gasteiger partial charge on any atom is 0.233 e. The lowest BCUT2D eigenvalue weighted by Gasteiger charge is -2.02. The molecule has 2 unspecified atom stereocenters. The topological polar surface area (TPSA) is 55.1 Å². The largest absolute Gasteiger partial charge is 0.352 e. The molecular formula is C11H13FN2O. The highest BCUT2D eigenvalue weighted by Crippen LogP contribution is 2.40. The van der Waals surface area contributed by atoms with E-state index in [1.807, 2.05) is 6.07 Å². The molecule has 1 aromatic carbocycles. The van der Waals surface area contributed by atoms with E-state index in [0.717, 1.165) is 12.0 Å². The first-order valence-electron chi connectivity index (χ1n) is 4.95. The van der Waals surface area contributed by atoms with Crippen molar-refractivity contribution in [2.24, 2.45) is 5.73 Å². The van der Waals surface area contributed by atoms with Gasteiger partial charge in [-0.2, -0.15) is 0 Å². The molecule has 2 rings (SSSR count). The lowest BCUT2D eigenvalue weighted by atomic mass is 10.1. The van der Waals surface area contributed by atoms with Crippen LogP contribution in [0.1, 0.15) is 17.9 Å². The normalized spacial score (nSPS) is 23.6. The van der Waals surface area contributed by atoms with Gasteiger partial charge in [0, 0.05) is 12.0 Å². The summed E-state index contributed by atoms with van der Waals surface area (Å²) in [5, 5.41) is 2.79. The molecule has 3 N–H and O–H groups in total. The molecule has 2 atom stereocenters. The van der Waals surface area contributed by atoms with Crippen LogP contribution < -0.4 is 11.1 Å². The van der Waals surface area contributed by atoms with Crippen LogP contribution in [0.25, 0.3) is 0 Å². The first-order valence-corrected chi connectivity index (χ1v) is 4.95. The summed E-state index contributed by atoms with van der Waals surface area (Å²) < 4.78 is 12.9. The molecule has 0 radical (unpaired) electrons. The van der Waals surface area contributed by atoms with Crippen molar-refractivity contribution < 1.29 is 9.18 Å². The first-order chi connectivity index (χ1) is 7.20. The minimum absolute atomic E-state index is 0.00632. The maximum absolute atomic E-state index is 12.9. The number of carbonyl (C=O) groups excluding carboxylic acids is 1. The Morgan fingerprint density at radius 1 is 1.60 bits per heavy atom. The fourth-order valence-electron chi connectivity index (χ4n) is 1.73. The minimum Gasteiger partial charge on any atom is -0.352 e. The van der Waals surface area contributed by atoms with Crippen molar-refractivity contribution in [3.8, 4) is 0 Å². The zero-order valence-corrected chi connectivity index (χ0v) is 8.24. The van der Waals surface area contributed by atoms with E-state index in [-0.39, 0.29) is 30.2 Å². The van der Waals surface area contributed by atoms with Gasteiger partial charge in [-0.1, -0.05) is 12.1 Å². The van der Waals surface area contributed by atoms with Crippen LogP contribution in [-0.4, -0.2) is 18.5 Å². The number of halogens is 1. The van der Waals surface area contributed by atoms with E-state index in [1.54, 1.807) is 6.07 Å². The summed E-state index contributed by atoms with van der Waals surface area (Å²) in [6, 6.07) is 6.62. The maximum atomic E-state index is 12.9. The van der Waals surface area contributed by atoms with Crippen LogP contribution in [0.4, 0.5) is 4.39 Å². The van der Waals surface area contributed by atoms with E-state index >= 15 is 0 Å². The fourth-order valence-corrected chi connectivity index (χ4v) is 1.73. The van der Waals surface area contributed by atoms with Crippen LogP contribution in [0, 0.1) is 5.82 Å². The van der Waals surface area contributed by atoms with Crippen molar-refractivity contribution in [1.29, 1.82) is 0 Å². The molecule has 0 bridgehead atoms. The van der Waals surface area contributed by atoms with Crippen molar-refractivity contribution in [2.45, 2.75) is 18.4 Å². The highest BCUT2D eigenvalue weighted by Gasteiger charge is 2.39. The number of benzene rings is 1. The lowest BCUT2D eigenvalue weighted by molar-refractivity contribution is -0.119. The van der Waals surface area contributed by atoms with Crippen molar-refractivity contribution in [2.75, 3.05) is 6.54 Å². The predicted octanol–water partition coefficient (Wildman–Crippen LogP) is 0.756. The molecule has 1 amide bonds. The minimum atomic E-state index is -0.233. The highest BCUT2D eigenvalue weighted by molar-refractivity contribution is 5.78. The van der Waals surface area contributed by atoms with Gasteiger partial charge >= 0.3 is 0 Å². The zero-order valence-electron chi connectivity index (χ0n) is 8.24. The Kier molecular flexibility index (Phi) is 2.68. The first kappa shape index (κ1) is 10.1. The second kappa shape index (κ2) is 3.98. The number of nitrogens with one attached hydrogen (secondary N) is 1. The third-order valence-electron chi connectivity index (χ3n) is 2.60. The Morgan fingerprint density at radius 2 is 2.40 bits per heavy atom. The fraction of sp³-hybridized carbons (Fsp3) is 0.364. The Morgan fingerprint density at radius 3 is 3.07 bits per heavy atom. The summed E-state index contributed by atoms with van der Waals surface area (Å²) in [6.07, 6.45) is 0.870. The van der Waals surface area contributed by atoms with Gasteiger partial charge in [-0.05, 0) is 24.1 Å². The van der Waals surface area contributed by atoms with Gasteiger partial charge in [0.2, 0.25) is 5.91 Å². The summed E-state index contributed by atoms with van der Waals surface area (Å²) in [4.78, 5) is 11.0. The summed E-state index contributed by atoms with van der Waals surface area (Å²) in [5.74, 6) is -0.140. The van der Waals surface area contributed by atoms with Gasteiger partial charge in [0.1, 0.15) is 5.82 Å². The lowest BCUT2D eigenvalue weighted by Crippen LogP contribution is -2.32. The molecule has 0 saturated heterocycles. The Balaban J connectivity index is 1.96. The van der Waals surface area contributed by atoms with E-state index in [9.17, 15) is 9.18 Å². The van der Waals surface area contributed by atoms with Gasteiger partial charge in [0.05, 0.1) is 6.54 Å². The van der Waals surface area contributed by atoms with Crippen molar-refractivity contribution in [1.82, 2.24) is 5.32 Å². The standard InChI is InChI=1S/C11H13FN2O/c12-8-3-1-2-7(4-8)9-5-10(9)14-11(15)6-13/h1-4,9-10H,5-6,13H2,(H,14,15). The van der Waals surface area contributed by atoms with Crippen LogP contribution in [0.2, 0.25) is 0 Å². The van der Waals surface area contributed by atoms with Crippen molar-refractivity contribution >= 4 is 5.91 Å². The average molecular weight is 208 g/mol. The van der Waals surface area contributed by atoms with Crippen LogP contribution in [-0.2, 0) is 4.79 Å². The average Bonchev–Trinajstić information content (AvgIpc) is 2.97. The van der Waals surface area contributed by atoms with E-state index in [1.165, 1.54) is 12.1 Å². The smallest absolute Gasteiger partial charge is 0.233 e. The monoisotopic (exact) mass is 208 g/mol. The molecule has 1 fully saturated rings. The molecule has 0 heterocycles. The molecule has 3 nitrogen and oxygen atoms in total. The van der Waals surface area contributed by atoms with Gasteiger partial charge in [-0.25, -0.2) is 4.39 Å². The Labute approximate surface area is 87.5 Å². The van der Waals surface area contributed by atoms with Crippen LogP contribution >= 0.6 is 0 Å². The molecule has 0 aliphatic heterocycles.